The molecule has 1 amide bonds. The van der Waals surface area contributed by atoms with Gasteiger partial charge in [-0.05, 0) is 5.56 Å². The molecule has 0 radical (unpaired) electrons. The van der Waals surface area contributed by atoms with Gasteiger partial charge in [-0.15, -0.1) is 0 Å². The summed E-state index contributed by atoms with van der Waals surface area (Å²) >= 11 is 0. The average molecular weight is 174 g/mol. The Morgan fingerprint density at radius 3 is 2.69 bits per heavy atom. The smallest absolute Gasteiger partial charge is 0.245 e. The van der Waals surface area contributed by atoms with Crippen molar-refractivity contribution < 1.29 is 4.79 Å². The van der Waals surface area contributed by atoms with E-state index in [1.165, 1.54) is 5.56 Å². The molecule has 0 spiro atoms. The SMILES string of the molecule is O=C1CC(Cc2ccccc2)=NN1. The molecule has 0 unspecified atom stereocenters. The number of carbonyl (C=O) groups excluding carboxylic acids is 1. The maximum atomic E-state index is 10.8. The highest BCUT2D eigenvalue weighted by atomic mass is 16.2. The molecule has 0 saturated heterocycles. The molecule has 0 saturated carbocycles. The zero-order valence-electron chi connectivity index (χ0n) is 7.16. The molecule has 3 heteroatoms. The molecular weight excluding hydrogens is 164 g/mol. The van der Waals surface area contributed by atoms with Gasteiger partial charge in [0.05, 0.1) is 12.1 Å². The minimum atomic E-state index is -0.00840. The van der Waals surface area contributed by atoms with E-state index in [9.17, 15) is 4.79 Å². The lowest BCUT2D eigenvalue weighted by atomic mass is 10.1. The van der Waals surface area contributed by atoms with Crippen LogP contribution in [0.4, 0.5) is 0 Å². The van der Waals surface area contributed by atoms with E-state index in [0.717, 1.165) is 12.1 Å². The third-order valence-corrected chi connectivity index (χ3v) is 1.95. The van der Waals surface area contributed by atoms with E-state index < -0.39 is 0 Å². The maximum absolute atomic E-state index is 10.8. The van der Waals surface area contributed by atoms with E-state index in [-0.39, 0.29) is 5.91 Å². The molecule has 1 aliphatic heterocycles. The second kappa shape index (κ2) is 3.39. The van der Waals surface area contributed by atoms with Crippen molar-refractivity contribution in [1.82, 2.24) is 5.43 Å². The van der Waals surface area contributed by atoms with Crippen molar-refractivity contribution in [3.05, 3.63) is 35.9 Å². The average Bonchev–Trinajstić information content (AvgIpc) is 2.53. The standard InChI is InChI=1S/C10H10N2O/c13-10-7-9(11-12-10)6-8-4-2-1-3-5-8/h1-5H,6-7H2,(H,12,13). The van der Waals surface area contributed by atoms with E-state index >= 15 is 0 Å². The van der Waals surface area contributed by atoms with Crippen molar-refractivity contribution in [1.29, 1.82) is 0 Å². The van der Waals surface area contributed by atoms with Crippen LogP contribution in [0, 0.1) is 0 Å². The normalized spacial score (nSPS) is 15.4. The lowest BCUT2D eigenvalue weighted by molar-refractivity contribution is -0.119. The summed E-state index contributed by atoms with van der Waals surface area (Å²) in [6.07, 6.45) is 1.20. The van der Waals surface area contributed by atoms with Gasteiger partial charge in [0.2, 0.25) is 5.91 Å². The molecule has 0 aromatic heterocycles. The molecule has 1 N–H and O–H groups in total. The summed E-state index contributed by atoms with van der Waals surface area (Å²) in [5.41, 5.74) is 4.54. The van der Waals surface area contributed by atoms with Crippen LogP contribution >= 0.6 is 0 Å². The molecule has 0 bridgehead atoms. The number of hydrogen-bond acceptors (Lipinski definition) is 2. The van der Waals surface area contributed by atoms with Gasteiger partial charge in [0.1, 0.15) is 0 Å². The summed E-state index contributed by atoms with van der Waals surface area (Å²) in [7, 11) is 0. The Bertz CT molecular complexity index is 343. The Balaban J connectivity index is 2.04. The van der Waals surface area contributed by atoms with Crippen LogP contribution in [0.1, 0.15) is 12.0 Å². The van der Waals surface area contributed by atoms with Crippen molar-refractivity contribution in [3.63, 3.8) is 0 Å². The van der Waals surface area contributed by atoms with Gasteiger partial charge in [0.25, 0.3) is 0 Å². The Morgan fingerprint density at radius 1 is 1.31 bits per heavy atom. The van der Waals surface area contributed by atoms with Crippen LogP contribution in [-0.4, -0.2) is 11.6 Å². The molecule has 3 nitrogen and oxygen atoms in total. The number of hydrazone groups is 1. The number of benzene rings is 1. The number of nitrogens with one attached hydrogen (secondary N) is 1. The minimum absolute atomic E-state index is 0.00840. The van der Waals surface area contributed by atoms with Crippen molar-refractivity contribution in [3.8, 4) is 0 Å². The van der Waals surface area contributed by atoms with Gasteiger partial charge < -0.3 is 0 Å². The summed E-state index contributed by atoms with van der Waals surface area (Å²) < 4.78 is 0. The van der Waals surface area contributed by atoms with Crippen molar-refractivity contribution in [2.24, 2.45) is 5.10 Å². The molecule has 0 aliphatic carbocycles. The number of hydrogen-bond donors (Lipinski definition) is 1. The van der Waals surface area contributed by atoms with Crippen LogP contribution in [-0.2, 0) is 11.2 Å². The molecular formula is C10H10N2O. The topological polar surface area (TPSA) is 41.5 Å². The van der Waals surface area contributed by atoms with E-state index in [1.54, 1.807) is 0 Å². The van der Waals surface area contributed by atoms with Crippen LogP contribution in [0.5, 0.6) is 0 Å². The van der Waals surface area contributed by atoms with Gasteiger partial charge in [0.15, 0.2) is 0 Å². The molecule has 66 valence electrons. The molecule has 0 fully saturated rings. The van der Waals surface area contributed by atoms with Gasteiger partial charge in [-0.25, -0.2) is 5.43 Å². The third kappa shape index (κ3) is 1.93. The fourth-order valence-electron chi connectivity index (χ4n) is 1.34. The number of nitrogens with zero attached hydrogens (tertiary/aromatic N) is 1. The van der Waals surface area contributed by atoms with Gasteiger partial charge >= 0.3 is 0 Å². The monoisotopic (exact) mass is 174 g/mol. The lowest BCUT2D eigenvalue weighted by Gasteiger charge is -1.97. The van der Waals surface area contributed by atoms with Crippen LogP contribution in [0.15, 0.2) is 35.4 Å². The second-order valence-electron chi connectivity index (χ2n) is 3.05. The van der Waals surface area contributed by atoms with Gasteiger partial charge in [0, 0.05) is 6.42 Å². The van der Waals surface area contributed by atoms with Crippen molar-refractivity contribution in [2.75, 3.05) is 0 Å². The first kappa shape index (κ1) is 7.98. The second-order valence-corrected chi connectivity index (χ2v) is 3.05. The number of carbonyl (C=O) groups is 1. The highest BCUT2D eigenvalue weighted by Gasteiger charge is 2.13. The van der Waals surface area contributed by atoms with E-state index in [1.807, 2.05) is 30.3 Å². The summed E-state index contributed by atoms with van der Waals surface area (Å²) in [4.78, 5) is 10.8. The van der Waals surface area contributed by atoms with Crippen LogP contribution in [0.3, 0.4) is 0 Å². The molecule has 1 aliphatic rings. The Labute approximate surface area is 76.5 Å². The molecule has 2 rings (SSSR count). The fourth-order valence-corrected chi connectivity index (χ4v) is 1.34. The third-order valence-electron chi connectivity index (χ3n) is 1.95. The molecule has 1 heterocycles. The number of amides is 1. The first-order valence-electron chi connectivity index (χ1n) is 4.23. The maximum Gasteiger partial charge on any atom is 0.245 e. The largest absolute Gasteiger partial charge is 0.273 e. The first-order chi connectivity index (χ1) is 6.34. The first-order valence-corrected chi connectivity index (χ1v) is 4.23. The van der Waals surface area contributed by atoms with Gasteiger partial charge in [-0.1, -0.05) is 30.3 Å². The highest BCUT2D eigenvalue weighted by Crippen LogP contribution is 2.05. The Morgan fingerprint density at radius 2 is 2.08 bits per heavy atom. The summed E-state index contributed by atoms with van der Waals surface area (Å²) in [5.74, 6) is -0.00840. The zero-order chi connectivity index (χ0) is 9.10. The minimum Gasteiger partial charge on any atom is -0.273 e. The predicted molar refractivity (Wildman–Crippen MR) is 50.3 cm³/mol. The van der Waals surface area contributed by atoms with E-state index in [0.29, 0.717) is 6.42 Å². The summed E-state index contributed by atoms with van der Waals surface area (Å²) in [6.45, 7) is 0. The van der Waals surface area contributed by atoms with Crippen LogP contribution < -0.4 is 5.43 Å². The molecule has 1 aromatic carbocycles. The van der Waals surface area contributed by atoms with Crippen molar-refractivity contribution >= 4 is 11.6 Å². The van der Waals surface area contributed by atoms with Gasteiger partial charge in [-0.2, -0.15) is 5.10 Å². The number of rotatable bonds is 2. The lowest BCUT2D eigenvalue weighted by Crippen LogP contribution is -2.09. The van der Waals surface area contributed by atoms with Crippen LogP contribution in [0.25, 0.3) is 0 Å². The van der Waals surface area contributed by atoms with Crippen LogP contribution in [0.2, 0.25) is 0 Å². The molecule has 13 heavy (non-hydrogen) atoms. The highest BCUT2D eigenvalue weighted by molar-refractivity contribution is 6.05. The van der Waals surface area contributed by atoms with E-state index in [2.05, 4.69) is 10.5 Å². The predicted octanol–water partition coefficient (Wildman–Crippen LogP) is 1.10. The zero-order valence-corrected chi connectivity index (χ0v) is 7.16. The molecule has 0 atom stereocenters. The van der Waals surface area contributed by atoms with E-state index in [4.69, 9.17) is 0 Å². The van der Waals surface area contributed by atoms with Crippen molar-refractivity contribution in [2.45, 2.75) is 12.8 Å². The summed E-state index contributed by atoms with van der Waals surface area (Å²) in [6, 6.07) is 10.0. The molecule has 1 aromatic rings. The quantitative estimate of drug-likeness (QED) is 0.716. The fraction of sp³-hybridized carbons (Fsp3) is 0.200. The summed E-state index contributed by atoms with van der Waals surface area (Å²) in [5, 5.41) is 3.93. The Kier molecular flexibility index (Phi) is 2.08. The van der Waals surface area contributed by atoms with Gasteiger partial charge in [-0.3, -0.25) is 4.79 Å². The Hall–Kier alpha value is -1.64.